The highest BCUT2D eigenvalue weighted by Crippen LogP contribution is 2.54. The number of hydrogen-bond acceptors (Lipinski definition) is 1. The molecule has 152 valence electrons. The maximum atomic E-state index is 12.8. The topological polar surface area (TPSA) is 17.1 Å². The first-order valence-electron chi connectivity index (χ1n) is 11.4. The second-order valence-electron chi connectivity index (χ2n) is 9.15. The third-order valence-corrected chi connectivity index (χ3v) is 6.86. The van der Waals surface area contributed by atoms with Crippen molar-refractivity contribution in [1.82, 2.24) is 0 Å². The van der Waals surface area contributed by atoms with E-state index in [1.54, 1.807) is 0 Å². The van der Waals surface area contributed by atoms with Gasteiger partial charge in [-0.1, -0.05) is 71.1 Å². The first-order valence-corrected chi connectivity index (χ1v) is 11.4. The average Bonchev–Trinajstić information content (AvgIpc) is 3.52. The van der Waals surface area contributed by atoms with Crippen molar-refractivity contribution in [2.75, 3.05) is 0 Å². The van der Waals surface area contributed by atoms with Gasteiger partial charge in [-0.3, -0.25) is 4.79 Å². The quantitative estimate of drug-likeness (QED) is 0.238. The van der Waals surface area contributed by atoms with E-state index >= 15 is 0 Å². The van der Waals surface area contributed by atoms with E-state index in [1.807, 2.05) is 0 Å². The Hall–Kier alpha value is -0.470. The van der Waals surface area contributed by atoms with Crippen LogP contribution in [0.1, 0.15) is 122 Å². The number of unbranched alkanes of at least 4 members (excludes halogenated alkanes) is 9. The van der Waals surface area contributed by atoms with E-state index in [9.17, 15) is 13.6 Å². The van der Waals surface area contributed by atoms with Gasteiger partial charge in [-0.15, -0.1) is 0 Å². The van der Waals surface area contributed by atoms with E-state index in [-0.39, 0.29) is 5.41 Å². The van der Waals surface area contributed by atoms with Crippen LogP contribution in [0.2, 0.25) is 0 Å². The Balaban J connectivity index is 1.33. The molecule has 0 aromatic rings. The molecule has 2 rings (SSSR count). The van der Waals surface area contributed by atoms with Gasteiger partial charge in [0.2, 0.25) is 6.43 Å². The first-order chi connectivity index (χ1) is 12.5. The summed E-state index contributed by atoms with van der Waals surface area (Å²) in [6.07, 6.45) is 17.6. The molecule has 0 aromatic carbocycles. The van der Waals surface area contributed by atoms with Crippen molar-refractivity contribution in [2.45, 2.75) is 129 Å². The highest BCUT2D eigenvalue weighted by Gasteiger charge is 2.50. The molecule has 0 saturated heterocycles. The number of halogens is 2. The molecule has 2 fully saturated rings. The van der Waals surface area contributed by atoms with E-state index in [1.165, 1.54) is 51.4 Å². The Labute approximate surface area is 159 Å². The molecular weight excluding hydrogens is 330 g/mol. The van der Waals surface area contributed by atoms with E-state index in [4.69, 9.17) is 0 Å². The van der Waals surface area contributed by atoms with Gasteiger partial charge >= 0.3 is 0 Å². The number of rotatable bonds is 17. The van der Waals surface area contributed by atoms with Crippen LogP contribution in [0.25, 0.3) is 0 Å². The predicted molar refractivity (Wildman–Crippen MR) is 105 cm³/mol. The van der Waals surface area contributed by atoms with Crippen molar-refractivity contribution < 1.29 is 13.6 Å². The monoisotopic (exact) mass is 370 g/mol. The molecule has 1 nitrogen and oxygen atoms in total. The average molecular weight is 371 g/mol. The molecule has 0 aromatic heterocycles. The molecule has 0 spiro atoms. The molecule has 0 bridgehead atoms. The van der Waals surface area contributed by atoms with Gasteiger partial charge in [-0.2, -0.15) is 0 Å². The molecule has 2 saturated carbocycles. The molecule has 0 N–H and O–H groups in total. The van der Waals surface area contributed by atoms with Crippen LogP contribution in [0.15, 0.2) is 0 Å². The van der Waals surface area contributed by atoms with Crippen LogP contribution >= 0.6 is 0 Å². The lowest BCUT2D eigenvalue weighted by molar-refractivity contribution is -0.124. The fourth-order valence-electron chi connectivity index (χ4n) is 4.40. The molecular formula is C23H40F2O. The van der Waals surface area contributed by atoms with Gasteiger partial charge in [0.1, 0.15) is 5.78 Å². The van der Waals surface area contributed by atoms with Crippen LogP contribution in [0.4, 0.5) is 8.78 Å². The van der Waals surface area contributed by atoms with Crippen molar-refractivity contribution in [3.8, 4) is 0 Å². The molecule has 3 heteroatoms. The van der Waals surface area contributed by atoms with E-state index in [0.29, 0.717) is 5.78 Å². The minimum Gasteiger partial charge on any atom is -0.299 e. The fourth-order valence-corrected chi connectivity index (χ4v) is 4.40. The largest absolute Gasteiger partial charge is 0.299 e. The summed E-state index contributed by atoms with van der Waals surface area (Å²) in [7, 11) is 0. The SMILES string of the molecule is CCCC(=O)C1(CCCCCCCCCCCCC2(C(F)F)CC2)CC1. The van der Waals surface area contributed by atoms with Gasteiger partial charge in [0, 0.05) is 17.3 Å². The first kappa shape index (κ1) is 21.8. The Bertz CT molecular complexity index is 410. The second-order valence-corrected chi connectivity index (χ2v) is 9.15. The molecule has 2 aliphatic carbocycles. The van der Waals surface area contributed by atoms with Crippen molar-refractivity contribution >= 4 is 5.78 Å². The zero-order valence-electron chi connectivity index (χ0n) is 17.0. The standard InChI is InChI=1S/C23H40F2O/c1-2-13-20(26)22(16-17-22)14-11-9-7-5-3-4-6-8-10-12-15-23(18-19-23)21(24)25/h21H,2-19H2,1H3. The van der Waals surface area contributed by atoms with Crippen LogP contribution in [-0.4, -0.2) is 12.2 Å². The number of ketones is 1. The van der Waals surface area contributed by atoms with Crippen molar-refractivity contribution in [1.29, 1.82) is 0 Å². The molecule has 0 unspecified atom stereocenters. The van der Waals surface area contributed by atoms with Crippen LogP contribution in [0.5, 0.6) is 0 Å². The summed E-state index contributed by atoms with van der Waals surface area (Å²) < 4.78 is 25.6. The number of Topliss-reactive ketones (excluding diaryl/α,β-unsaturated/α-hetero) is 1. The Morgan fingerprint density at radius 3 is 1.62 bits per heavy atom. The van der Waals surface area contributed by atoms with E-state index < -0.39 is 11.8 Å². The lowest BCUT2D eigenvalue weighted by atomic mass is 9.91. The van der Waals surface area contributed by atoms with E-state index in [2.05, 4.69) is 6.92 Å². The molecule has 0 heterocycles. The number of alkyl halides is 2. The molecule has 26 heavy (non-hydrogen) atoms. The molecule has 0 radical (unpaired) electrons. The molecule has 2 aliphatic rings. The van der Waals surface area contributed by atoms with Gasteiger partial charge in [0.05, 0.1) is 0 Å². The van der Waals surface area contributed by atoms with Gasteiger partial charge in [-0.25, -0.2) is 8.78 Å². The lowest BCUT2D eigenvalue weighted by Crippen LogP contribution is -2.15. The zero-order valence-corrected chi connectivity index (χ0v) is 17.0. The molecule has 0 amide bonds. The zero-order chi connectivity index (χ0) is 18.9. The van der Waals surface area contributed by atoms with Crippen molar-refractivity contribution in [3.63, 3.8) is 0 Å². The highest BCUT2D eigenvalue weighted by molar-refractivity contribution is 5.87. The summed E-state index contributed by atoms with van der Waals surface area (Å²) in [6.45, 7) is 2.10. The summed E-state index contributed by atoms with van der Waals surface area (Å²) in [4.78, 5) is 12.1. The van der Waals surface area contributed by atoms with Gasteiger partial charge in [0.25, 0.3) is 0 Å². The smallest absolute Gasteiger partial charge is 0.244 e. The predicted octanol–water partition coefficient (Wildman–Crippen LogP) is 7.86. The van der Waals surface area contributed by atoms with Crippen LogP contribution in [0, 0.1) is 10.8 Å². The van der Waals surface area contributed by atoms with Crippen molar-refractivity contribution in [3.05, 3.63) is 0 Å². The Morgan fingerprint density at radius 1 is 0.769 bits per heavy atom. The maximum Gasteiger partial charge on any atom is 0.244 e. The lowest BCUT2D eigenvalue weighted by Gasteiger charge is -2.13. The summed E-state index contributed by atoms with van der Waals surface area (Å²) in [5.74, 6) is 0.529. The Morgan fingerprint density at radius 2 is 1.23 bits per heavy atom. The highest BCUT2D eigenvalue weighted by atomic mass is 19.3. The second kappa shape index (κ2) is 10.8. The number of hydrogen-bond donors (Lipinski definition) is 0. The summed E-state index contributed by atoms with van der Waals surface area (Å²) >= 11 is 0. The number of carbonyl (C=O) groups excluding carboxylic acids is 1. The third kappa shape index (κ3) is 6.93. The minimum absolute atomic E-state index is 0.110. The summed E-state index contributed by atoms with van der Waals surface area (Å²) in [5, 5.41) is 0. The van der Waals surface area contributed by atoms with Crippen LogP contribution in [-0.2, 0) is 4.79 Å². The molecule has 0 atom stereocenters. The number of carbonyl (C=O) groups is 1. The van der Waals surface area contributed by atoms with Crippen molar-refractivity contribution in [2.24, 2.45) is 10.8 Å². The third-order valence-electron chi connectivity index (χ3n) is 6.86. The van der Waals surface area contributed by atoms with Gasteiger partial charge in [0.15, 0.2) is 0 Å². The van der Waals surface area contributed by atoms with E-state index in [0.717, 1.165) is 64.2 Å². The van der Waals surface area contributed by atoms with Gasteiger partial charge < -0.3 is 0 Å². The normalized spacial score (nSPS) is 19.7. The molecule has 0 aliphatic heterocycles. The maximum absolute atomic E-state index is 12.8. The summed E-state index contributed by atoms with van der Waals surface area (Å²) in [5.41, 5.74) is -0.459. The van der Waals surface area contributed by atoms with Crippen LogP contribution in [0.3, 0.4) is 0 Å². The van der Waals surface area contributed by atoms with Gasteiger partial charge in [-0.05, 0) is 44.9 Å². The summed E-state index contributed by atoms with van der Waals surface area (Å²) in [6, 6.07) is 0. The Kier molecular flexibility index (Phi) is 9.03. The van der Waals surface area contributed by atoms with Crippen LogP contribution < -0.4 is 0 Å². The fraction of sp³-hybridized carbons (Fsp3) is 0.957. The minimum atomic E-state index is -2.10.